The lowest BCUT2D eigenvalue weighted by molar-refractivity contribution is -0.230. The predicted molar refractivity (Wildman–Crippen MR) is 138 cm³/mol. The zero-order valence-electron chi connectivity index (χ0n) is 22.2. The topological polar surface area (TPSA) is 112 Å². The van der Waals surface area contributed by atoms with Crippen LogP contribution in [0.2, 0.25) is 0 Å². The van der Waals surface area contributed by atoms with Crippen molar-refractivity contribution in [3.05, 3.63) is 21.7 Å². The zero-order chi connectivity index (χ0) is 26.2. The molecule has 0 saturated carbocycles. The molecule has 2 aliphatic rings. The van der Waals surface area contributed by atoms with E-state index in [0.717, 1.165) is 29.1 Å². The minimum absolute atomic E-state index is 0.0153. The van der Waals surface area contributed by atoms with E-state index in [0.29, 0.717) is 19.3 Å². The van der Waals surface area contributed by atoms with Crippen LogP contribution in [-0.2, 0) is 14.3 Å². The van der Waals surface area contributed by atoms with Crippen LogP contribution in [0.5, 0.6) is 0 Å². The number of carbonyl (C=O) groups is 2. The number of fused-ring (bicyclic) bond motifs is 1. The fourth-order valence-corrected chi connectivity index (χ4v) is 5.72. The second-order valence-electron chi connectivity index (χ2n) is 11.5. The van der Waals surface area contributed by atoms with Crippen LogP contribution in [-0.4, -0.2) is 50.4 Å². The summed E-state index contributed by atoms with van der Waals surface area (Å²) in [4.78, 5) is 30.8. The molecule has 3 rings (SSSR count). The molecule has 5 unspecified atom stereocenters. The number of carbonyl (C=O) groups excluding carboxylic acids is 2. The molecule has 0 bridgehead atoms. The third kappa shape index (κ3) is 6.59. The van der Waals surface area contributed by atoms with E-state index in [2.05, 4.69) is 17.2 Å². The molecule has 5 atom stereocenters. The van der Waals surface area contributed by atoms with E-state index in [9.17, 15) is 19.8 Å². The minimum atomic E-state index is -2.10. The second-order valence-corrected chi connectivity index (χ2v) is 12.6. The lowest BCUT2D eigenvalue weighted by Crippen LogP contribution is -2.49. The number of hydrogen-bond acceptors (Lipinski definition) is 7. The van der Waals surface area contributed by atoms with Gasteiger partial charge in [-0.05, 0) is 51.7 Å². The molecule has 0 spiro atoms. The monoisotopic (exact) mass is 506 g/mol. The summed E-state index contributed by atoms with van der Waals surface area (Å²) in [6.45, 7) is 13.0. The first-order chi connectivity index (χ1) is 16.2. The maximum atomic E-state index is 13.2. The number of ketones is 1. The molecule has 1 amide bonds. The lowest BCUT2D eigenvalue weighted by atomic mass is 9.72. The Balaban J connectivity index is 1.84. The maximum Gasteiger partial charge on any atom is 0.220 e. The summed E-state index contributed by atoms with van der Waals surface area (Å²) in [5.74, 6) is -3.89. The summed E-state index contributed by atoms with van der Waals surface area (Å²) in [7, 11) is 0. The van der Waals surface area contributed by atoms with Crippen LogP contribution in [0.4, 0.5) is 0 Å². The number of aryl methyl sites for hydroxylation is 1. The SMILES string of the molecule is CC(=Cc1csc(C)n1)C1CC2OC2(C)CCCC(C)C(O)(O)C(C)C(=O)C(C)(C)CCC(=O)N1. The van der Waals surface area contributed by atoms with E-state index >= 15 is 0 Å². The van der Waals surface area contributed by atoms with Gasteiger partial charge in [0.15, 0.2) is 5.79 Å². The quantitative estimate of drug-likeness (QED) is 0.405. The van der Waals surface area contributed by atoms with Crippen LogP contribution in [0.3, 0.4) is 0 Å². The van der Waals surface area contributed by atoms with E-state index in [1.165, 1.54) is 0 Å². The Morgan fingerprint density at radius 2 is 1.91 bits per heavy atom. The van der Waals surface area contributed by atoms with Gasteiger partial charge >= 0.3 is 0 Å². The number of amides is 1. The van der Waals surface area contributed by atoms with Gasteiger partial charge in [0.05, 0.1) is 34.4 Å². The van der Waals surface area contributed by atoms with Gasteiger partial charge in [0.1, 0.15) is 5.78 Å². The number of aromatic nitrogens is 1. The number of aliphatic hydroxyl groups is 2. The zero-order valence-corrected chi connectivity index (χ0v) is 23.0. The van der Waals surface area contributed by atoms with Crippen molar-refractivity contribution in [2.75, 3.05) is 0 Å². The number of nitrogens with one attached hydrogen (secondary N) is 1. The van der Waals surface area contributed by atoms with Gasteiger partial charge < -0.3 is 20.3 Å². The Hall–Kier alpha value is -1.61. The first-order valence-corrected chi connectivity index (χ1v) is 13.6. The van der Waals surface area contributed by atoms with Crippen molar-refractivity contribution < 1.29 is 24.5 Å². The van der Waals surface area contributed by atoms with E-state index in [1.54, 1.807) is 39.0 Å². The lowest BCUT2D eigenvalue weighted by Gasteiger charge is -2.37. The molecule has 2 fully saturated rings. The van der Waals surface area contributed by atoms with Crippen LogP contribution >= 0.6 is 11.3 Å². The predicted octanol–water partition coefficient (Wildman–Crippen LogP) is 4.40. The van der Waals surface area contributed by atoms with Gasteiger partial charge in [-0.3, -0.25) is 9.59 Å². The Kier molecular flexibility index (Phi) is 8.31. The van der Waals surface area contributed by atoms with E-state index < -0.39 is 23.0 Å². The summed E-state index contributed by atoms with van der Waals surface area (Å²) >= 11 is 1.59. The average Bonchev–Trinajstić information content (AvgIpc) is 3.22. The fraction of sp³-hybridized carbons (Fsp3) is 0.741. The van der Waals surface area contributed by atoms with Gasteiger partial charge in [0.2, 0.25) is 5.91 Å². The first kappa shape index (κ1) is 28.0. The van der Waals surface area contributed by atoms with Gasteiger partial charge in [-0.2, -0.15) is 0 Å². The van der Waals surface area contributed by atoms with Crippen LogP contribution < -0.4 is 5.32 Å². The first-order valence-electron chi connectivity index (χ1n) is 12.7. The molecule has 0 aromatic carbocycles. The Morgan fingerprint density at radius 3 is 2.54 bits per heavy atom. The van der Waals surface area contributed by atoms with Crippen LogP contribution in [0, 0.1) is 24.2 Å². The number of thiazole rings is 1. The fourth-order valence-electron chi connectivity index (χ4n) is 5.15. The van der Waals surface area contributed by atoms with Gasteiger partial charge in [-0.15, -0.1) is 11.3 Å². The number of hydrogen-bond donors (Lipinski definition) is 3. The van der Waals surface area contributed by atoms with E-state index in [1.807, 2.05) is 25.3 Å². The summed E-state index contributed by atoms with van der Waals surface area (Å²) < 4.78 is 6.09. The number of rotatable bonds is 2. The highest BCUT2D eigenvalue weighted by Crippen LogP contribution is 2.45. The molecule has 35 heavy (non-hydrogen) atoms. The molecular weight excluding hydrogens is 464 g/mol. The molecule has 2 saturated heterocycles. The molecule has 196 valence electrons. The summed E-state index contributed by atoms with van der Waals surface area (Å²) in [6.07, 6.45) is 5.31. The Labute approximate surface area is 213 Å². The number of nitrogens with zero attached hydrogens (tertiary/aromatic N) is 1. The summed E-state index contributed by atoms with van der Waals surface area (Å²) in [6, 6.07) is -0.191. The molecule has 0 radical (unpaired) electrons. The van der Waals surface area contributed by atoms with Crippen molar-refractivity contribution in [1.29, 1.82) is 0 Å². The molecule has 0 aliphatic carbocycles. The van der Waals surface area contributed by atoms with Crippen LogP contribution in [0.1, 0.15) is 90.8 Å². The normalized spacial score (nSPS) is 34.7. The van der Waals surface area contributed by atoms with E-state index in [-0.39, 0.29) is 35.9 Å². The van der Waals surface area contributed by atoms with E-state index in [4.69, 9.17) is 4.74 Å². The van der Waals surface area contributed by atoms with Crippen molar-refractivity contribution in [2.45, 2.75) is 111 Å². The Morgan fingerprint density at radius 1 is 1.23 bits per heavy atom. The van der Waals surface area contributed by atoms with Crippen molar-refractivity contribution in [1.82, 2.24) is 10.3 Å². The van der Waals surface area contributed by atoms with Crippen LogP contribution in [0.25, 0.3) is 6.08 Å². The van der Waals surface area contributed by atoms with Crippen molar-refractivity contribution in [3.63, 3.8) is 0 Å². The second kappa shape index (κ2) is 10.4. The number of Topliss-reactive ketones (excluding diaryl/α,β-unsaturated/α-hetero) is 1. The Bertz CT molecular complexity index is 969. The van der Waals surface area contributed by atoms with Gasteiger partial charge in [-0.1, -0.05) is 34.1 Å². The smallest absolute Gasteiger partial charge is 0.220 e. The summed E-state index contributed by atoms with van der Waals surface area (Å²) in [5.41, 5.74) is 0.748. The molecule has 8 heteroatoms. The molecule has 2 aliphatic heterocycles. The molecule has 3 N–H and O–H groups in total. The average molecular weight is 507 g/mol. The van der Waals surface area contributed by atoms with Gasteiger partial charge in [0.25, 0.3) is 0 Å². The van der Waals surface area contributed by atoms with Crippen molar-refractivity contribution in [2.24, 2.45) is 17.3 Å². The highest BCUT2D eigenvalue weighted by Gasteiger charge is 2.53. The van der Waals surface area contributed by atoms with Crippen LogP contribution in [0.15, 0.2) is 11.0 Å². The third-order valence-corrected chi connectivity index (χ3v) is 8.88. The summed E-state index contributed by atoms with van der Waals surface area (Å²) in [5, 5.41) is 27.9. The number of ether oxygens (including phenoxy) is 1. The highest BCUT2D eigenvalue weighted by atomic mass is 32.1. The van der Waals surface area contributed by atoms with Gasteiger partial charge in [-0.25, -0.2) is 4.98 Å². The molecule has 1 aromatic rings. The highest BCUT2D eigenvalue weighted by molar-refractivity contribution is 7.09. The minimum Gasteiger partial charge on any atom is -0.366 e. The molecular formula is C27H42N2O5S. The largest absolute Gasteiger partial charge is 0.366 e. The molecule has 3 heterocycles. The standard InChI is InChI=1S/C27H42N2O5S/c1-16(13-20-15-35-19(4)28-20)21-14-22-26(7,34-22)11-8-9-17(2)27(32,33)18(3)24(31)25(5,6)12-10-23(30)29-21/h13,15,17-18,21-22,32-33H,8-12,14H2,1-7H3,(H,29,30). The van der Waals surface area contributed by atoms with Crippen molar-refractivity contribution in [3.8, 4) is 0 Å². The third-order valence-electron chi connectivity index (χ3n) is 8.09. The number of epoxide rings is 1. The van der Waals surface area contributed by atoms with Gasteiger partial charge in [0, 0.05) is 29.6 Å². The van der Waals surface area contributed by atoms with Crippen molar-refractivity contribution >= 4 is 29.1 Å². The molecule has 7 nitrogen and oxygen atoms in total. The molecule has 1 aromatic heterocycles. The maximum absolute atomic E-state index is 13.2.